The van der Waals surface area contributed by atoms with Crippen LogP contribution in [0.15, 0.2) is 48.7 Å². The molecule has 0 spiro atoms. The summed E-state index contributed by atoms with van der Waals surface area (Å²) in [6.07, 6.45) is 6.99. The van der Waals surface area contributed by atoms with Crippen LogP contribution in [0.1, 0.15) is 51.3 Å². The fourth-order valence-corrected chi connectivity index (χ4v) is 5.03. The van der Waals surface area contributed by atoms with Gasteiger partial charge in [0, 0.05) is 41.9 Å². The molecule has 1 aromatic heterocycles. The predicted octanol–water partition coefficient (Wildman–Crippen LogP) is 5.56. The van der Waals surface area contributed by atoms with Crippen molar-refractivity contribution in [1.82, 2.24) is 0 Å². The smallest absolute Gasteiger partial charge is 0.212 e. The lowest BCUT2D eigenvalue weighted by molar-refractivity contribution is -0.776. The van der Waals surface area contributed by atoms with E-state index in [1.54, 1.807) is 0 Å². The van der Waals surface area contributed by atoms with Crippen molar-refractivity contribution in [2.24, 2.45) is 11.3 Å². The second-order valence-corrected chi connectivity index (χ2v) is 7.27. The lowest BCUT2D eigenvalue weighted by Crippen LogP contribution is -2.70. The highest BCUT2D eigenvalue weighted by molar-refractivity contribution is 5.72. The summed E-state index contributed by atoms with van der Waals surface area (Å²) in [7, 11) is 0. The summed E-state index contributed by atoms with van der Waals surface area (Å²) in [6.45, 7) is 12.5. The molecule has 3 rings (SSSR count). The van der Waals surface area contributed by atoms with E-state index in [4.69, 9.17) is 0 Å². The van der Waals surface area contributed by atoms with Gasteiger partial charge in [0.05, 0.1) is 5.57 Å². The van der Waals surface area contributed by atoms with Gasteiger partial charge in [-0.1, -0.05) is 27.4 Å². The molecule has 24 heavy (non-hydrogen) atoms. The zero-order valence-electron chi connectivity index (χ0n) is 15.0. The fourth-order valence-electron chi connectivity index (χ4n) is 5.03. The molecule has 1 aliphatic carbocycles. The van der Waals surface area contributed by atoms with Gasteiger partial charge in [-0.2, -0.15) is 4.57 Å². The SMILES string of the molecule is C=CC1(CC)[n+]2cccc(C)c2C2=C(F)C=C(F)CC2C1(C)CC. The number of aryl methyl sites for hydroxylation is 1. The molecule has 0 saturated carbocycles. The first-order valence-corrected chi connectivity index (χ1v) is 8.77. The number of fused-ring (bicyclic) bond motifs is 3. The number of hydrogen-bond donors (Lipinski definition) is 0. The molecule has 2 aliphatic rings. The van der Waals surface area contributed by atoms with E-state index in [0.717, 1.165) is 30.2 Å². The van der Waals surface area contributed by atoms with Crippen molar-refractivity contribution in [3.05, 3.63) is 60.0 Å². The Kier molecular flexibility index (Phi) is 4.01. The summed E-state index contributed by atoms with van der Waals surface area (Å²) >= 11 is 0. The first-order valence-electron chi connectivity index (χ1n) is 8.77. The van der Waals surface area contributed by atoms with Gasteiger partial charge in [-0.15, -0.1) is 0 Å². The molecule has 3 atom stereocenters. The van der Waals surface area contributed by atoms with Crippen molar-refractivity contribution < 1.29 is 13.3 Å². The summed E-state index contributed by atoms with van der Waals surface area (Å²) in [6, 6.07) is 4.00. The van der Waals surface area contributed by atoms with Crippen LogP contribution < -0.4 is 4.57 Å². The Bertz CT molecular complexity index is 761. The van der Waals surface area contributed by atoms with E-state index in [1.165, 1.54) is 0 Å². The van der Waals surface area contributed by atoms with Crippen LogP contribution in [0, 0.1) is 18.3 Å². The number of hydrogen-bond acceptors (Lipinski definition) is 0. The molecule has 2 heterocycles. The summed E-state index contributed by atoms with van der Waals surface area (Å²) in [5, 5.41) is 0. The van der Waals surface area contributed by atoms with Crippen LogP contribution in [0.5, 0.6) is 0 Å². The molecule has 128 valence electrons. The Labute approximate surface area is 143 Å². The van der Waals surface area contributed by atoms with E-state index in [-0.39, 0.29) is 29.1 Å². The molecule has 1 nitrogen and oxygen atoms in total. The summed E-state index contributed by atoms with van der Waals surface area (Å²) in [4.78, 5) is 0. The Morgan fingerprint density at radius 3 is 2.62 bits per heavy atom. The highest BCUT2D eigenvalue weighted by atomic mass is 19.1. The molecule has 1 aliphatic heterocycles. The maximum atomic E-state index is 14.9. The highest BCUT2D eigenvalue weighted by Crippen LogP contribution is 2.58. The topological polar surface area (TPSA) is 3.88 Å². The maximum Gasteiger partial charge on any atom is 0.215 e. The van der Waals surface area contributed by atoms with E-state index in [1.807, 2.05) is 31.3 Å². The average Bonchev–Trinajstić information content (AvgIpc) is 2.56. The van der Waals surface area contributed by atoms with Crippen molar-refractivity contribution in [3.63, 3.8) is 0 Å². The first kappa shape index (κ1) is 17.1. The van der Waals surface area contributed by atoms with Gasteiger partial charge < -0.3 is 0 Å². The molecule has 0 radical (unpaired) electrons. The van der Waals surface area contributed by atoms with Crippen LogP contribution in [-0.2, 0) is 5.54 Å². The van der Waals surface area contributed by atoms with E-state index in [2.05, 4.69) is 31.9 Å². The third-order valence-electron chi connectivity index (χ3n) is 6.54. The molecule has 1 aromatic rings. The van der Waals surface area contributed by atoms with E-state index < -0.39 is 5.83 Å². The summed E-state index contributed by atoms with van der Waals surface area (Å²) < 4.78 is 31.2. The van der Waals surface area contributed by atoms with Gasteiger partial charge in [0.25, 0.3) is 0 Å². The monoisotopic (exact) mass is 330 g/mol. The summed E-state index contributed by atoms with van der Waals surface area (Å²) in [5.74, 6) is -0.983. The van der Waals surface area contributed by atoms with Gasteiger partial charge in [0.15, 0.2) is 11.7 Å². The number of nitrogens with zero attached hydrogens (tertiary/aromatic N) is 1. The zero-order valence-corrected chi connectivity index (χ0v) is 15.0. The molecule has 3 unspecified atom stereocenters. The lowest BCUT2D eigenvalue weighted by atomic mass is 9.54. The number of rotatable bonds is 3. The van der Waals surface area contributed by atoms with Crippen molar-refractivity contribution in [2.45, 2.75) is 52.5 Å². The van der Waals surface area contributed by atoms with Gasteiger partial charge in [0.1, 0.15) is 11.7 Å². The van der Waals surface area contributed by atoms with E-state index in [9.17, 15) is 8.78 Å². The van der Waals surface area contributed by atoms with Crippen LogP contribution in [-0.4, -0.2) is 0 Å². The van der Waals surface area contributed by atoms with Crippen LogP contribution >= 0.6 is 0 Å². The second-order valence-electron chi connectivity index (χ2n) is 7.27. The van der Waals surface area contributed by atoms with Crippen LogP contribution in [0.4, 0.5) is 8.78 Å². The lowest BCUT2D eigenvalue weighted by Gasteiger charge is -2.51. The minimum atomic E-state index is -0.430. The average molecular weight is 330 g/mol. The van der Waals surface area contributed by atoms with Crippen LogP contribution in [0.2, 0.25) is 0 Å². The predicted molar refractivity (Wildman–Crippen MR) is 93.6 cm³/mol. The highest BCUT2D eigenvalue weighted by Gasteiger charge is 2.62. The molecular weight excluding hydrogens is 304 g/mol. The zero-order chi connectivity index (χ0) is 17.7. The molecule has 0 fully saturated rings. The van der Waals surface area contributed by atoms with Gasteiger partial charge in [-0.3, -0.25) is 0 Å². The first-order chi connectivity index (χ1) is 11.4. The minimum Gasteiger partial charge on any atom is -0.212 e. The third kappa shape index (κ3) is 1.93. The van der Waals surface area contributed by atoms with Gasteiger partial charge in [-0.05, 0) is 25.5 Å². The van der Waals surface area contributed by atoms with Crippen molar-refractivity contribution >= 4 is 5.57 Å². The Hall–Kier alpha value is -1.77. The van der Waals surface area contributed by atoms with E-state index >= 15 is 0 Å². The Morgan fingerprint density at radius 2 is 2.04 bits per heavy atom. The van der Waals surface area contributed by atoms with Crippen LogP contribution in [0.3, 0.4) is 0 Å². The van der Waals surface area contributed by atoms with Gasteiger partial charge >= 0.3 is 0 Å². The number of allylic oxidation sites excluding steroid dienone is 5. The Balaban J connectivity index is 2.48. The molecule has 0 amide bonds. The van der Waals surface area contributed by atoms with Gasteiger partial charge in [-0.25, -0.2) is 8.78 Å². The Morgan fingerprint density at radius 1 is 1.33 bits per heavy atom. The van der Waals surface area contributed by atoms with Crippen molar-refractivity contribution in [3.8, 4) is 0 Å². The molecule has 0 bridgehead atoms. The third-order valence-corrected chi connectivity index (χ3v) is 6.54. The summed E-state index contributed by atoms with van der Waals surface area (Å²) in [5.41, 5.74) is 1.88. The molecular formula is C21H26F2N+. The van der Waals surface area contributed by atoms with Gasteiger partial charge in [0.2, 0.25) is 5.69 Å². The number of pyridine rings is 1. The molecule has 0 aromatic carbocycles. The quantitative estimate of drug-likeness (QED) is 0.505. The second kappa shape index (κ2) is 5.65. The minimum absolute atomic E-state index is 0.188. The normalized spacial score (nSPS) is 32.1. The van der Waals surface area contributed by atoms with Crippen molar-refractivity contribution in [1.29, 1.82) is 0 Å². The fraction of sp³-hybridized carbons (Fsp3) is 0.476. The molecule has 3 heteroatoms. The van der Waals surface area contributed by atoms with Crippen molar-refractivity contribution in [2.75, 3.05) is 0 Å². The molecule has 0 saturated heterocycles. The largest absolute Gasteiger partial charge is 0.215 e. The maximum absolute atomic E-state index is 14.9. The van der Waals surface area contributed by atoms with Crippen LogP contribution in [0.25, 0.3) is 5.57 Å². The van der Waals surface area contributed by atoms with E-state index in [0.29, 0.717) is 5.57 Å². The standard InChI is InChI=1S/C21H26F2N/c1-6-20(5)16-12-15(22)13-17(23)18(16)19-14(4)10-9-11-24(19)21(20,7-2)8-3/h7,9-11,13,16H,2,6,8,12H2,1,3-5H3/q+1. The molecule has 0 N–H and O–H groups in total. The number of halogens is 2. The number of aromatic nitrogens is 1.